The van der Waals surface area contributed by atoms with Gasteiger partial charge in [0.05, 0.1) is 0 Å². The van der Waals surface area contributed by atoms with Crippen molar-refractivity contribution in [3.8, 4) is 5.75 Å². The number of benzene rings is 2. The van der Waals surface area contributed by atoms with Crippen LogP contribution < -0.4 is 4.74 Å². The molecule has 0 atom stereocenters. The maximum atomic E-state index is 5.91. The SMILES string of the molecule is Clc1ccc(C2=CCOc3ccccc32)cc1. The Labute approximate surface area is 105 Å². The molecule has 0 radical (unpaired) electrons. The van der Waals surface area contributed by atoms with Crippen LogP contribution in [0.15, 0.2) is 54.6 Å². The van der Waals surface area contributed by atoms with Gasteiger partial charge in [-0.25, -0.2) is 0 Å². The Bertz CT molecular complexity index is 570. The van der Waals surface area contributed by atoms with Crippen LogP contribution in [0.25, 0.3) is 5.57 Å². The molecular weight excluding hydrogens is 232 g/mol. The Morgan fingerprint density at radius 3 is 2.53 bits per heavy atom. The highest BCUT2D eigenvalue weighted by atomic mass is 35.5. The zero-order valence-electron chi connectivity index (χ0n) is 9.19. The summed E-state index contributed by atoms with van der Waals surface area (Å²) in [6.07, 6.45) is 2.10. The van der Waals surface area contributed by atoms with Crippen molar-refractivity contribution in [2.45, 2.75) is 0 Å². The first-order chi connectivity index (χ1) is 8.34. The van der Waals surface area contributed by atoms with Crippen LogP contribution in [0, 0.1) is 0 Å². The summed E-state index contributed by atoms with van der Waals surface area (Å²) >= 11 is 5.91. The summed E-state index contributed by atoms with van der Waals surface area (Å²) in [5.74, 6) is 0.944. The quantitative estimate of drug-likeness (QED) is 0.730. The molecule has 0 unspecified atom stereocenters. The van der Waals surface area contributed by atoms with Crippen molar-refractivity contribution in [3.05, 3.63) is 70.8 Å². The number of fused-ring (bicyclic) bond motifs is 1. The summed E-state index contributed by atoms with van der Waals surface area (Å²) in [5, 5.41) is 0.759. The minimum Gasteiger partial charge on any atom is -0.489 e. The van der Waals surface area contributed by atoms with Gasteiger partial charge in [-0.15, -0.1) is 0 Å². The average molecular weight is 243 g/mol. The molecule has 0 saturated heterocycles. The Morgan fingerprint density at radius 1 is 0.941 bits per heavy atom. The summed E-state index contributed by atoms with van der Waals surface area (Å²) in [6.45, 7) is 0.620. The maximum absolute atomic E-state index is 5.91. The number of para-hydroxylation sites is 1. The molecule has 1 nitrogen and oxygen atoms in total. The normalized spacial score (nSPS) is 13.6. The topological polar surface area (TPSA) is 9.23 Å². The van der Waals surface area contributed by atoms with Crippen molar-refractivity contribution in [3.63, 3.8) is 0 Å². The molecule has 0 fully saturated rings. The second kappa shape index (κ2) is 4.27. The summed E-state index contributed by atoms with van der Waals surface area (Å²) in [7, 11) is 0. The van der Waals surface area contributed by atoms with Gasteiger partial charge in [0.25, 0.3) is 0 Å². The van der Waals surface area contributed by atoms with Crippen LogP contribution in [0.1, 0.15) is 11.1 Å². The fourth-order valence-electron chi connectivity index (χ4n) is 2.04. The Morgan fingerprint density at radius 2 is 1.71 bits per heavy atom. The lowest BCUT2D eigenvalue weighted by Crippen LogP contribution is -2.04. The van der Waals surface area contributed by atoms with Crippen LogP contribution in [0.2, 0.25) is 5.02 Å². The van der Waals surface area contributed by atoms with Crippen LogP contribution in [0.5, 0.6) is 5.75 Å². The third-order valence-corrected chi connectivity index (χ3v) is 3.11. The molecule has 0 spiro atoms. The zero-order chi connectivity index (χ0) is 11.7. The lowest BCUT2D eigenvalue weighted by atomic mass is 9.96. The number of hydrogen-bond donors (Lipinski definition) is 0. The van der Waals surface area contributed by atoms with Crippen molar-refractivity contribution >= 4 is 17.2 Å². The highest BCUT2D eigenvalue weighted by Gasteiger charge is 2.14. The predicted octanol–water partition coefficient (Wildman–Crippen LogP) is 4.16. The molecule has 2 aromatic rings. The summed E-state index contributed by atoms with van der Waals surface area (Å²) in [6, 6.07) is 16.0. The zero-order valence-corrected chi connectivity index (χ0v) is 9.95. The van der Waals surface area contributed by atoms with E-state index in [0.717, 1.165) is 16.3 Å². The lowest BCUT2D eigenvalue weighted by molar-refractivity contribution is 0.357. The van der Waals surface area contributed by atoms with Crippen LogP contribution in [-0.2, 0) is 0 Å². The van der Waals surface area contributed by atoms with E-state index in [1.807, 2.05) is 42.5 Å². The molecule has 0 aliphatic carbocycles. The monoisotopic (exact) mass is 242 g/mol. The van der Waals surface area contributed by atoms with Gasteiger partial charge >= 0.3 is 0 Å². The third-order valence-electron chi connectivity index (χ3n) is 2.86. The van der Waals surface area contributed by atoms with E-state index in [0.29, 0.717) is 6.61 Å². The summed E-state index contributed by atoms with van der Waals surface area (Å²) in [4.78, 5) is 0. The van der Waals surface area contributed by atoms with Gasteiger partial charge in [-0.2, -0.15) is 0 Å². The molecule has 1 heterocycles. The highest BCUT2D eigenvalue weighted by Crippen LogP contribution is 2.34. The van der Waals surface area contributed by atoms with Crippen molar-refractivity contribution in [2.24, 2.45) is 0 Å². The van der Waals surface area contributed by atoms with E-state index in [4.69, 9.17) is 16.3 Å². The van der Waals surface area contributed by atoms with E-state index >= 15 is 0 Å². The van der Waals surface area contributed by atoms with Crippen LogP contribution >= 0.6 is 11.6 Å². The van der Waals surface area contributed by atoms with Crippen LogP contribution in [-0.4, -0.2) is 6.61 Å². The molecule has 2 heteroatoms. The van der Waals surface area contributed by atoms with E-state index in [1.165, 1.54) is 11.1 Å². The largest absolute Gasteiger partial charge is 0.489 e. The molecule has 0 amide bonds. The number of hydrogen-bond acceptors (Lipinski definition) is 1. The van der Waals surface area contributed by atoms with Crippen molar-refractivity contribution in [1.29, 1.82) is 0 Å². The molecule has 0 N–H and O–H groups in total. The smallest absolute Gasteiger partial charge is 0.127 e. The maximum Gasteiger partial charge on any atom is 0.127 e. The second-order valence-corrected chi connectivity index (χ2v) is 4.37. The first-order valence-corrected chi connectivity index (χ1v) is 5.91. The van der Waals surface area contributed by atoms with Crippen LogP contribution in [0.4, 0.5) is 0 Å². The molecule has 84 valence electrons. The van der Waals surface area contributed by atoms with Gasteiger partial charge in [-0.3, -0.25) is 0 Å². The van der Waals surface area contributed by atoms with Crippen molar-refractivity contribution in [2.75, 3.05) is 6.61 Å². The fraction of sp³-hybridized carbons (Fsp3) is 0.0667. The molecule has 1 aliphatic heterocycles. The van der Waals surface area contributed by atoms with E-state index in [-0.39, 0.29) is 0 Å². The van der Waals surface area contributed by atoms with Gasteiger partial charge in [-0.1, -0.05) is 41.9 Å². The van der Waals surface area contributed by atoms with Crippen molar-refractivity contribution in [1.82, 2.24) is 0 Å². The van der Waals surface area contributed by atoms with Gasteiger partial charge in [0.15, 0.2) is 0 Å². The molecule has 17 heavy (non-hydrogen) atoms. The fourth-order valence-corrected chi connectivity index (χ4v) is 2.17. The van der Waals surface area contributed by atoms with Gasteiger partial charge in [-0.05, 0) is 35.4 Å². The highest BCUT2D eigenvalue weighted by molar-refractivity contribution is 6.30. The first kappa shape index (κ1) is 10.4. The molecule has 3 rings (SSSR count). The number of rotatable bonds is 1. The number of halogens is 1. The van der Waals surface area contributed by atoms with E-state index in [9.17, 15) is 0 Å². The molecule has 0 bridgehead atoms. The molecule has 1 aliphatic rings. The molecule has 0 saturated carbocycles. The molecule has 2 aromatic carbocycles. The predicted molar refractivity (Wildman–Crippen MR) is 70.5 cm³/mol. The molecule has 0 aromatic heterocycles. The standard InChI is InChI=1S/C15H11ClO/c16-12-7-5-11(6-8-12)13-9-10-17-15-4-2-1-3-14(13)15/h1-9H,10H2. The Kier molecular flexibility index (Phi) is 2.62. The van der Waals surface area contributed by atoms with Crippen molar-refractivity contribution < 1.29 is 4.74 Å². The van der Waals surface area contributed by atoms with E-state index in [2.05, 4.69) is 12.1 Å². The van der Waals surface area contributed by atoms with Gasteiger partial charge in [0.1, 0.15) is 12.4 Å². The van der Waals surface area contributed by atoms with E-state index in [1.54, 1.807) is 0 Å². The van der Waals surface area contributed by atoms with Gasteiger partial charge in [0.2, 0.25) is 0 Å². The van der Waals surface area contributed by atoms with E-state index < -0.39 is 0 Å². The van der Waals surface area contributed by atoms with Crippen LogP contribution in [0.3, 0.4) is 0 Å². The third kappa shape index (κ3) is 1.94. The molecular formula is C15H11ClO. The summed E-state index contributed by atoms with van der Waals surface area (Å²) < 4.78 is 5.60. The minimum absolute atomic E-state index is 0.620. The average Bonchev–Trinajstić information content (AvgIpc) is 2.39. The second-order valence-electron chi connectivity index (χ2n) is 3.93. The Balaban J connectivity index is 2.09. The van der Waals surface area contributed by atoms with Gasteiger partial charge in [0, 0.05) is 10.6 Å². The minimum atomic E-state index is 0.620. The van der Waals surface area contributed by atoms with Gasteiger partial charge < -0.3 is 4.74 Å². The lowest BCUT2D eigenvalue weighted by Gasteiger charge is -2.18. The summed E-state index contributed by atoms with van der Waals surface area (Å²) in [5.41, 5.74) is 3.52. The Hall–Kier alpha value is -1.73. The first-order valence-electron chi connectivity index (χ1n) is 5.53. The number of ether oxygens (including phenoxy) is 1.